The van der Waals surface area contributed by atoms with Gasteiger partial charge in [-0.3, -0.25) is 9.59 Å². The Hall–Kier alpha value is -3.93. The summed E-state index contributed by atoms with van der Waals surface area (Å²) in [7, 11) is 1.30. The van der Waals surface area contributed by atoms with E-state index in [-0.39, 0.29) is 11.8 Å². The highest BCUT2D eigenvalue weighted by molar-refractivity contribution is 6.07. The molecule has 0 aliphatic carbocycles. The van der Waals surface area contributed by atoms with E-state index in [1.165, 1.54) is 13.2 Å². The monoisotopic (exact) mass is 388 g/mol. The number of amides is 2. The van der Waals surface area contributed by atoms with E-state index in [0.29, 0.717) is 22.4 Å². The number of para-hydroxylation sites is 1. The highest BCUT2D eigenvalue weighted by Gasteiger charge is 2.12. The number of ether oxygens (including phenoxy) is 1. The van der Waals surface area contributed by atoms with Gasteiger partial charge in [0.15, 0.2) is 0 Å². The Labute approximate surface area is 168 Å². The van der Waals surface area contributed by atoms with Crippen LogP contribution in [0.2, 0.25) is 0 Å². The van der Waals surface area contributed by atoms with Crippen molar-refractivity contribution in [3.8, 4) is 0 Å². The van der Waals surface area contributed by atoms with Gasteiger partial charge in [0.25, 0.3) is 11.8 Å². The van der Waals surface area contributed by atoms with Crippen LogP contribution >= 0.6 is 0 Å². The Morgan fingerprint density at radius 2 is 1.34 bits per heavy atom. The summed E-state index contributed by atoms with van der Waals surface area (Å²) in [5.41, 5.74) is 3.35. The predicted molar refractivity (Wildman–Crippen MR) is 111 cm³/mol. The molecule has 3 rings (SSSR count). The van der Waals surface area contributed by atoms with Crippen LogP contribution in [0.5, 0.6) is 0 Å². The van der Waals surface area contributed by atoms with Crippen molar-refractivity contribution in [1.29, 1.82) is 0 Å². The lowest BCUT2D eigenvalue weighted by Gasteiger charge is -2.09. The number of carbonyl (C=O) groups excluding carboxylic acids is 3. The molecule has 0 aromatic heterocycles. The minimum absolute atomic E-state index is 0.253. The molecule has 0 bridgehead atoms. The molecule has 0 aliphatic heterocycles. The molecule has 3 aromatic rings. The van der Waals surface area contributed by atoms with E-state index in [0.717, 1.165) is 11.3 Å². The van der Waals surface area contributed by atoms with Crippen LogP contribution in [0.3, 0.4) is 0 Å². The molecule has 0 saturated carbocycles. The number of carbonyl (C=O) groups is 3. The fourth-order valence-corrected chi connectivity index (χ4v) is 2.73. The molecule has 0 aliphatic rings. The molecule has 3 aromatic carbocycles. The molecule has 29 heavy (non-hydrogen) atoms. The maximum atomic E-state index is 12.5. The van der Waals surface area contributed by atoms with Crippen molar-refractivity contribution in [3.05, 3.63) is 95.1 Å². The second kappa shape index (κ2) is 8.84. The van der Waals surface area contributed by atoms with Crippen LogP contribution in [0.1, 0.15) is 36.6 Å². The van der Waals surface area contributed by atoms with Gasteiger partial charge in [-0.25, -0.2) is 4.79 Å². The smallest absolute Gasteiger partial charge is 0.337 e. The lowest BCUT2D eigenvalue weighted by Crippen LogP contribution is -2.15. The summed E-state index contributed by atoms with van der Waals surface area (Å²) >= 11 is 0. The van der Waals surface area contributed by atoms with Gasteiger partial charge in [0, 0.05) is 22.5 Å². The highest BCUT2D eigenvalue weighted by atomic mass is 16.5. The second-order valence-electron chi connectivity index (χ2n) is 6.37. The first-order valence-electron chi connectivity index (χ1n) is 8.94. The number of hydrogen-bond donors (Lipinski definition) is 2. The summed E-state index contributed by atoms with van der Waals surface area (Å²) in [6.07, 6.45) is 0. The number of aryl methyl sites for hydroxylation is 1. The topological polar surface area (TPSA) is 84.5 Å². The Kier molecular flexibility index (Phi) is 6.04. The third kappa shape index (κ3) is 4.87. The third-order valence-electron chi connectivity index (χ3n) is 4.34. The van der Waals surface area contributed by atoms with Crippen LogP contribution in [0, 0.1) is 6.92 Å². The first-order valence-corrected chi connectivity index (χ1v) is 8.94. The number of hydrogen-bond acceptors (Lipinski definition) is 4. The van der Waals surface area contributed by atoms with Crippen LogP contribution in [0.15, 0.2) is 72.8 Å². The number of nitrogens with one attached hydrogen (secondary N) is 2. The Morgan fingerprint density at radius 3 is 1.97 bits per heavy atom. The van der Waals surface area contributed by atoms with E-state index in [4.69, 9.17) is 0 Å². The summed E-state index contributed by atoms with van der Waals surface area (Å²) < 4.78 is 4.68. The van der Waals surface area contributed by atoms with Gasteiger partial charge in [0.2, 0.25) is 0 Å². The quantitative estimate of drug-likeness (QED) is 0.639. The minimum Gasteiger partial charge on any atom is -0.465 e. The Bertz CT molecular complexity index is 1060. The van der Waals surface area contributed by atoms with Crippen LogP contribution < -0.4 is 10.6 Å². The average molecular weight is 388 g/mol. The van der Waals surface area contributed by atoms with Crippen LogP contribution in [-0.4, -0.2) is 24.9 Å². The number of esters is 1. The van der Waals surface area contributed by atoms with Crippen molar-refractivity contribution < 1.29 is 19.1 Å². The number of benzene rings is 3. The zero-order valence-electron chi connectivity index (χ0n) is 16.1. The normalized spacial score (nSPS) is 10.1. The highest BCUT2D eigenvalue weighted by Crippen LogP contribution is 2.16. The van der Waals surface area contributed by atoms with Crippen molar-refractivity contribution >= 4 is 29.2 Å². The maximum absolute atomic E-state index is 12.5. The molecule has 0 unspecified atom stereocenters. The van der Waals surface area contributed by atoms with E-state index >= 15 is 0 Å². The van der Waals surface area contributed by atoms with E-state index in [9.17, 15) is 14.4 Å². The van der Waals surface area contributed by atoms with Gasteiger partial charge >= 0.3 is 5.97 Å². The predicted octanol–water partition coefficient (Wildman–Crippen LogP) is 4.29. The molecule has 2 N–H and O–H groups in total. The fraction of sp³-hybridized carbons (Fsp3) is 0.0870. The van der Waals surface area contributed by atoms with Crippen molar-refractivity contribution in [2.24, 2.45) is 0 Å². The molecule has 0 radical (unpaired) electrons. The van der Waals surface area contributed by atoms with Gasteiger partial charge in [0.1, 0.15) is 0 Å². The minimum atomic E-state index is -0.481. The number of anilines is 2. The maximum Gasteiger partial charge on any atom is 0.337 e. The van der Waals surface area contributed by atoms with Crippen LogP contribution in [0.4, 0.5) is 11.4 Å². The standard InChI is InChI=1S/C23H20N2O4/c1-15-6-3-4-9-20(15)25-22(27)17-12-10-16(11-13-17)21(26)24-19-8-5-7-18(14-19)23(28)29-2/h3-14H,1-2H3,(H,24,26)(H,25,27). The summed E-state index contributed by atoms with van der Waals surface area (Å²) in [4.78, 5) is 36.5. The van der Waals surface area contributed by atoms with E-state index in [1.807, 2.05) is 31.2 Å². The zero-order valence-corrected chi connectivity index (χ0v) is 16.1. The summed E-state index contributed by atoms with van der Waals surface area (Å²) in [6, 6.07) is 20.3. The summed E-state index contributed by atoms with van der Waals surface area (Å²) in [6.45, 7) is 1.91. The molecule has 0 atom stereocenters. The van der Waals surface area contributed by atoms with Crippen LogP contribution in [0.25, 0.3) is 0 Å². The van der Waals surface area contributed by atoms with Crippen molar-refractivity contribution in [2.45, 2.75) is 6.92 Å². The molecule has 146 valence electrons. The second-order valence-corrected chi connectivity index (χ2v) is 6.37. The van der Waals surface area contributed by atoms with Crippen molar-refractivity contribution in [2.75, 3.05) is 17.7 Å². The third-order valence-corrected chi connectivity index (χ3v) is 4.34. The zero-order chi connectivity index (χ0) is 20.8. The summed E-state index contributed by atoms with van der Waals surface area (Å²) in [5.74, 6) is -1.08. The molecule has 0 saturated heterocycles. The summed E-state index contributed by atoms with van der Waals surface area (Å²) in [5, 5.41) is 5.58. The lowest BCUT2D eigenvalue weighted by molar-refractivity contribution is 0.0600. The number of rotatable bonds is 5. The van der Waals surface area contributed by atoms with E-state index in [1.54, 1.807) is 42.5 Å². The lowest BCUT2D eigenvalue weighted by atomic mass is 10.1. The van der Waals surface area contributed by atoms with Gasteiger partial charge in [-0.2, -0.15) is 0 Å². The first kappa shape index (κ1) is 19.8. The van der Waals surface area contributed by atoms with E-state index < -0.39 is 5.97 Å². The van der Waals surface area contributed by atoms with Crippen molar-refractivity contribution in [3.63, 3.8) is 0 Å². The Balaban J connectivity index is 1.68. The first-order chi connectivity index (χ1) is 14.0. The largest absolute Gasteiger partial charge is 0.465 e. The van der Waals surface area contributed by atoms with E-state index in [2.05, 4.69) is 15.4 Å². The molecular weight excluding hydrogens is 368 g/mol. The molecular formula is C23H20N2O4. The van der Waals surface area contributed by atoms with Gasteiger partial charge in [-0.1, -0.05) is 24.3 Å². The molecule has 6 heteroatoms. The SMILES string of the molecule is COC(=O)c1cccc(NC(=O)c2ccc(C(=O)Nc3ccccc3C)cc2)c1. The fourth-order valence-electron chi connectivity index (χ4n) is 2.73. The van der Waals surface area contributed by atoms with Gasteiger partial charge in [-0.05, 0) is 61.0 Å². The van der Waals surface area contributed by atoms with Gasteiger partial charge < -0.3 is 15.4 Å². The molecule has 6 nitrogen and oxygen atoms in total. The molecule has 0 spiro atoms. The van der Waals surface area contributed by atoms with Gasteiger partial charge in [0.05, 0.1) is 12.7 Å². The van der Waals surface area contributed by atoms with Crippen LogP contribution in [-0.2, 0) is 4.74 Å². The Morgan fingerprint density at radius 1 is 0.724 bits per heavy atom. The molecule has 0 heterocycles. The molecule has 0 fully saturated rings. The number of methoxy groups -OCH3 is 1. The molecule has 2 amide bonds. The average Bonchev–Trinajstić information content (AvgIpc) is 2.75. The van der Waals surface area contributed by atoms with Crippen molar-refractivity contribution in [1.82, 2.24) is 0 Å². The van der Waals surface area contributed by atoms with Gasteiger partial charge in [-0.15, -0.1) is 0 Å².